The summed E-state index contributed by atoms with van der Waals surface area (Å²) in [5.41, 5.74) is 0. The van der Waals surface area contributed by atoms with Gasteiger partial charge in [0.2, 0.25) is 5.91 Å². The van der Waals surface area contributed by atoms with Gasteiger partial charge in [-0.25, -0.2) is 0 Å². The molecule has 1 atom stereocenters. The van der Waals surface area contributed by atoms with E-state index in [1.54, 1.807) is 0 Å². The molecule has 4 heteroatoms. The van der Waals surface area contributed by atoms with Crippen LogP contribution in [-0.2, 0) is 14.3 Å². The highest BCUT2D eigenvalue weighted by Gasteiger charge is 2.34. The fraction of sp³-hybridized carbons (Fsp3) is 0.846. The van der Waals surface area contributed by atoms with Crippen molar-refractivity contribution in [3.8, 4) is 0 Å². The van der Waals surface area contributed by atoms with Crippen molar-refractivity contribution in [2.24, 2.45) is 11.8 Å². The highest BCUT2D eigenvalue weighted by molar-refractivity contribution is 5.81. The van der Waals surface area contributed by atoms with Gasteiger partial charge < -0.3 is 9.64 Å². The zero-order valence-electron chi connectivity index (χ0n) is 10.5. The topological polar surface area (TPSA) is 46.6 Å². The smallest absolute Gasteiger partial charge is 0.310 e. The monoisotopic (exact) mass is 239 g/mol. The number of nitrogens with zero attached hydrogens (tertiary/aromatic N) is 1. The highest BCUT2D eigenvalue weighted by Crippen LogP contribution is 2.30. The van der Waals surface area contributed by atoms with Crippen LogP contribution in [0.3, 0.4) is 0 Å². The Morgan fingerprint density at radius 2 is 1.88 bits per heavy atom. The summed E-state index contributed by atoms with van der Waals surface area (Å²) in [5, 5.41) is 0. The van der Waals surface area contributed by atoms with Crippen molar-refractivity contribution in [3.05, 3.63) is 0 Å². The molecule has 1 saturated heterocycles. The summed E-state index contributed by atoms with van der Waals surface area (Å²) < 4.78 is 5.03. The lowest BCUT2D eigenvalue weighted by Crippen LogP contribution is -2.46. The first-order valence-electron chi connectivity index (χ1n) is 6.67. The standard InChI is InChI=1S/C13H21NO3/c1-2-17-13(16)11-7-4-8-14(9-11)12(15)10-5-3-6-10/h10-11H,2-9H2,1H3/t11-/m0/s1. The second kappa shape index (κ2) is 5.52. The molecule has 0 radical (unpaired) electrons. The molecule has 1 saturated carbocycles. The minimum absolute atomic E-state index is 0.104. The maximum Gasteiger partial charge on any atom is 0.310 e. The maximum absolute atomic E-state index is 12.1. The number of rotatable bonds is 3. The Kier molecular flexibility index (Phi) is 4.02. The number of carbonyl (C=O) groups excluding carboxylic acids is 2. The molecular weight excluding hydrogens is 218 g/mol. The van der Waals surface area contributed by atoms with Gasteiger partial charge in [0.25, 0.3) is 0 Å². The van der Waals surface area contributed by atoms with Crippen molar-refractivity contribution in [1.29, 1.82) is 0 Å². The van der Waals surface area contributed by atoms with E-state index >= 15 is 0 Å². The average molecular weight is 239 g/mol. The van der Waals surface area contributed by atoms with E-state index in [1.165, 1.54) is 6.42 Å². The van der Waals surface area contributed by atoms with E-state index in [0.29, 0.717) is 13.2 Å². The summed E-state index contributed by atoms with van der Waals surface area (Å²) in [6, 6.07) is 0. The van der Waals surface area contributed by atoms with E-state index < -0.39 is 0 Å². The molecule has 96 valence electrons. The second-order valence-electron chi connectivity index (χ2n) is 5.00. The number of hydrogen-bond donors (Lipinski definition) is 0. The first-order valence-corrected chi connectivity index (χ1v) is 6.67. The molecule has 0 N–H and O–H groups in total. The van der Waals surface area contributed by atoms with Gasteiger partial charge in [-0.2, -0.15) is 0 Å². The fourth-order valence-electron chi connectivity index (χ4n) is 2.54. The quantitative estimate of drug-likeness (QED) is 0.703. The summed E-state index contributed by atoms with van der Waals surface area (Å²) >= 11 is 0. The van der Waals surface area contributed by atoms with Crippen LogP contribution in [0.4, 0.5) is 0 Å². The lowest BCUT2D eigenvalue weighted by Gasteiger charge is -2.36. The number of carbonyl (C=O) groups is 2. The molecule has 1 amide bonds. The highest BCUT2D eigenvalue weighted by atomic mass is 16.5. The summed E-state index contributed by atoms with van der Waals surface area (Å²) in [4.78, 5) is 25.6. The Morgan fingerprint density at radius 3 is 2.47 bits per heavy atom. The Balaban J connectivity index is 1.87. The van der Waals surface area contributed by atoms with Crippen LogP contribution < -0.4 is 0 Å². The van der Waals surface area contributed by atoms with Crippen molar-refractivity contribution in [3.63, 3.8) is 0 Å². The van der Waals surface area contributed by atoms with Crippen LogP contribution in [0.15, 0.2) is 0 Å². The normalized spacial score (nSPS) is 25.2. The molecule has 2 fully saturated rings. The van der Waals surface area contributed by atoms with Gasteiger partial charge in [-0.05, 0) is 32.6 Å². The molecular formula is C13H21NO3. The van der Waals surface area contributed by atoms with Gasteiger partial charge in [0.15, 0.2) is 0 Å². The minimum atomic E-state index is -0.140. The first kappa shape index (κ1) is 12.4. The number of piperidine rings is 1. The van der Waals surface area contributed by atoms with E-state index in [4.69, 9.17) is 4.74 Å². The van der Waals surface area contributed by atoms with Crippen LogP contribution in [0.5, 0.6) is 0 Å². The minimum Gasteiger partial charge on any atom is -0.466 e. The Hall–Kier alpha value is -1.06. The van der Waals surface area contributed by atoms with E-state index in [-0.39, 0.29) is 23.7 Å². The van der Waals surface area contributed by atoms with Crippen LogP contribution in [-0.4, -0.2) is 36.5 Å². The van der Waals surface area contributed by atoms with Crippen molar-refractivity contribution in [1.82, 2.24) is 4.90 Å². The van der Waals surface area contributed by atoms with E-state index in [9.17, 15) is 9.59 Å². The predicted octanol–water partition coefficient (Wildman–Crippen LogP) is 1.59. The number of likely N-dealkylation sites (tertiary alicyclic amines) is 1. The van der Waals surface area contributed by atoms with Crippen molar-refractivity contribution in [2.45, 2.75) is 39.0 Å². The third-order valence-electron chi connectivity index (χ3n) is 3.81. The molecule has 0 unspecified atom stereocenters. The zero-order valence-corrected chi connectivity index (χ0v) is 10.5. The van der Waals surface area contributed by atoms with Gasteiger partial charge in [-0.1, -0.05) is 6.42 Å². The third kappa shape index (κ3) is 2.79. The van der Waals surface area contributed by atoms with Crippen LogP contribution >= 0.6 is 0 Å². The molecule has 0 aromatic heterocycles. The van der Waals surface area contributed by atoms with Gasteiger partial charge >= 0.3 is 5.97 Å². The van der Waals surface area contributed by atoms with Gasteiger partial charge in [-0.15, -0.1) is 0 Å². The second-order valence-corrected chi connectivity index (χ2v) is 5.00. The van der Waals surface area contributed by atoms with Gasteiger partial charge in [0.05, 0.1) is 12.5 Å². The first-order chi connectivity index (χ1) is 8.22. The molecule has 4 nitrogen and oxygen atoms in total. The molecule has 0 aromatic rings. The number of esters is 1. The predicted molar refractivity (Wildman–Crippen MR) is 63.3 cm³/mol. The largest absolute Gasteiger partial charge is 0.466 e. The molecule has 0 bridgehead atoms. The molecule has 1 aliphatic heterocycles. The SMILES string of the molecule is CCOC(=O)[C@H]1CCCN(C(=O)C2CCC2)C1. The van der Waals surface area contributed by atoms with Crippen LogP contribution in [0.1, 0.15) is 39.0 Å². The van der Waals surface area contributed by atoms with Crippen molar-refractivity contribution in [2.75, 3.05) is 19.7 Å². The fourth-order valence-corrected chi connectivity index (χ4v) is 2.54. The molecule has 0 aromatic carbocycles. The van der Waals surface area contributed by atoms with Gasteiger partial charge in [-0.3, -0.25) is 9.59 Å². The van der Waals surface area contributed by atoms with E-state index in [0.717, 1.165) is 32.2 Å². The Labute approximate surface area is 102 Å². The molecule has 17 heavy (non-hydrogen) atoms. The van der Waals surface area contributed by atoms with E-state index in [1.807, 2.05) is 11.8 Å². The summed E-state index contributed by atoms with van der Waals surface area (Å²) in [7, 11) is 0. The Morgan fingerprint density at radius 1 is 1.18 bits per heavy atom. The van der Waals surface area contributed by atoms with Crippen molar-refractivity contribution >= 4 is 11.9 Å². The third-order valence-corrected chi connectivity index (χ3v) is 3.81. The van der Waals surface area contributed by atoms with Gasteiger partial charge in [0.1, 0.15) is 0 Å². The molecule has 0 spiro atoms. The van der Waals surface area contributed by atoms with Gasteiger partial charge in [0, 0.05) is 19.0 Å². The lowest BCUT2D eigenvalue weighted by atomic mass is 9.83. The number of amides is 1. The number of ether oxygens (including phenoxy) is 1. The summed E-state index contributed by atoms with van der Waals surface area (Å²) in [6.45, 7) is 3.61. The molecule has 1 aliphatic carbocycles. The van der Waals surface area contributed by atoms with Crippen LogP contribution in [0.2, 0.25) is 0 Å². The lowest BCUT2D eigenvalue weighted by molar-refractivity contribution is -0.152. The average Bonchev–Trinajstić information content (AvgIpc) is 2.27. The van der Waals surface area contributed by atoms with Crippen LogP contribution in [0.25, 0.3) is 0 Å². The van der Waals surface area contributed by atoms with Crippen LogP contribution in [0, 0.1) is 11.8 Å². The Bertz CT molecular complexity index is 299. The maximum atomic E-state index is 12.1. The summed E-state index contributed by atoms with van der Waals surface area (Å²) in [6.07, 6.45) is 5.00. The molecule has 2 aliphatic rings. The molecule has 1 heterocycles. The molecule has 2 rings (SSSR count). The summed E-state index contributed by atoms with van der Waals surface area (Å²) in [5.74, 6) is 0.243. The number of hydrogen-bond acceptors (Lipinski definition) is 3. The van der Waals surface area contributed by atoms with Crippen molar-refractivity contribution < 1.29 is 14.3 Å². The van der Waals surface area contributed by atoms with E-state index in [2.05, 4.69) is 0 Å². The zero-order chi connectivity index (χ0) is 12.3.